The second-order valence-electron chi connectivity index (χ2n) is 7.50. The van der Waals surface area contributed by atoms with Gasteiger partial charge in [-0.25, -0.2) is 9.97 Å². The van der Waals surface area contributed by atoms with E-state index in [1.54, 1.807) is 25.1 Å². The molecule has 2 aliphatic rings. The molecule has 1 aromatic carbocycles. The zero-order valence-electron chi connectivity index (χ0n) is 20.1. The number of ether oxygens (including phenoxy) is 1. The summed E-state index contributed by atoms with van der Waals surface area (Å²) in [6.07, 6.45) is 3.74. The largest absolute Gasteiger partial charge is 0.493 e. The van der Waals surface area contributed by atoms with Crippen LogP contribution >= 0.6 is 23.4 Å². The number of nitrogens with zero attached hydrogens (tertiary/aromatic N) is 5. The Kier molecular flexibility index (Phi) is 8.07. The van der Waals surface area contributed by atoms with Crippen molar-refractivity contribution >= 4 is 34.4 Å². The molecular formula is C24H24ClN7O3S. The Balaban J connectivity index is 0.00000148. The Bertz CT molecular complexity index is 1360. The van der Waals surface area contributed by atoms with Crippen LogP contribution in [-0.4, -0.2) is 43.7 Å². The fourth-order valence-corrected chi connectivity index (χ4v) is 4.01. The van der Waals surface area contributed by atoms with Gasteiger partial charge in [-0.1, -0.05) is 25.7 Å². The minimum absolute atomic E-state index is 0.0122. The average Bonchev–Trinajstić information content (AvgIpc) is 3.46. The number of aryl methyl sites for hydroxylation is 1. The Hall–Kier alpha value is -3.62. The molecule has 1 aliphatic heterocycles. The van der Waals surface area contributed by atoms with Crippen molar-refractivity contribution in [2.75, 3.05) is 7.11 Å². The van der Waals surface area contributed by atoms with Gasteiger partial charge in [-0.05, 0) is 54.4 Å². The summed E-state index contributed by atoms with van der Waals surface area (Å²) in [5.74, 6) is 7.51. The van der Waals surface area contributed by atoms with Crippen LogP contribution in [0.2, 0.25) is 5.28 Å². The lowest BCUT2D eigenvalue weighted by atomic mass is 9.99. The summed E-state index contributed by atoms with van der Waals surface area (Å²) in [7, 11) is 1.49. The number of nitrogens with one attached hydrogen (secondary N) is 2. The molecule has 12 heteroatoms. The number of methoxy groups -OCH3 is 1. The van der Waals surface area contributed by atoms with Gasteiger partial charge in [0, 0.05) is 29.5 Å². The van der Waals surface area contributed by atoms with Crippen molar-refractivity contribution in [3.63, 3.8) is 0 Å². The van der Waals surface area contributed by atoms with E-state index in [2.05, 4.69) is 47.9 Å². The number of hydrazone groups is 1. The highest BCUT2D eigenvalue weighted by Gasteiger charge is 2.25. The number of amidine groups is 1. The van der Waals surface area contributed by atoms with E-state index < -0.39 is 0 Å². The number of rotatable bonds is 4. The maximum absolute atomic E-state index is 13.3. The highest BCUT2D eigenvalue weighted by atomic mass is 35.5. The van der Waals surface area contributed by atoms with E-state index in [1.807, 2.05) is 13.8 Å². The summed E-state index contributed by atoms with van der Waals surface area (Å²) in [5, 5.41) is 15.2. The molecule has 0 saturated heterocycles. The fourth-order valence-electron chi connectivity index (χ4n) is 3.16. The van der Waals surface area contributed by atoms with Crippen molar-refractivity contribution in [1.29, 1.82) is 0 Å². The molecule has 2 N–H and O–H groups in total. The number of thioether (sulfide) groups is 1. The van der Waals surface area contributed by atoms with Gasteiger partial charge < -0.3 is 9.15 Å². The highest BCUT2D eigenvalue weighted by molar-refractivity contribution is 8.14. The number of aromatic nitrogens is 4. The lowest BCUT2D eigenvalue weighted by Gasteiger charge is -2.13. The topological polar surface area (TPSA) is 127 Å². The first kappa shape index (κ1) is 25.5. The normalized spacial score (nSPS) is 16.0. The quantitative estimate of drug-likeness (QED) is 0.379. The third-order valence-electron chi connectivity index (χ3n) is 4.97. The van der Waals surface area contributed by atoms with E-state index in [-0.39, 0.29) is 16.6 Å². The number of carbonyl (C=O) groups is 1. The maximum atomic E-state index is 13.3. The minimum atomic E-state index is -0.385. The molecular weight excluding hydrogens is 502 g/mol. The Morgan fingerprint density at radius 2 is 2.08 bits per heavy atom. The first-order chi connectivity index (χ1) is 17.5. The number of halogens is 1. The van der Waals surface area contributed by atoms with Crippen LogP contribution in [0, 0.1) is 24.7 Å². The van der Waals surface area contributed by atoms with Gasteiger partial charge in [0.05, 0.1) is 13.3 Å². The molecule has 1 unspecified atom stereocenters. The molecule has 36 heavy (non-hydrogen) atoms. The van der Waals surface area contributed by atoms with Gasteiger partial charge in [0.15, 0.2) is 16.3 Å². The van der Waals surface area contributed by atoms with Gasteiger partial charge in [0.25, 0.3) is 5.91 Å². The summed E-state index contributed by atoms with van der Waals surface area (Å²) in [6, 6.07) is 5.08. The minimum Gasteiger partial charge on any atom is -0.493 e. The molecule has 1 fully saturated rings. The fraction of sp³-hybridized carbons (Fsp3) is 0.333. The predicted octanol–water partition coefficient (Wildman–Crippen LogP) is 4.27. The SMILES string of the molecule is CC.COc1cnc(Cl)nc1-c1cc(-c2nnc(C)o2)ccc1C(=O)NC1=NNC(C#CC2CC2)S1. The lowest BCUT2D eigenvalue weighted by molar-refractivity contribution is 0.0978. The van der Waals surface area contributed by atoms with Crippen LogP contribution in [0.25, 0.3) is 22.7 Å². The molecule has 0 bridgehead atoms. The molecule has 1 saturated carbocycles. The van der Waals surface area contributed by atoms with Gasteiger partial charge in [-0.3, -0.25) is 15.5 Å². The standard InChI is InChI=1S/C22H18ClN7O3S.C2H6/c1-11-27-29-20(33-11)13-6-7-14(15(9-13)18-16(32-2)10-24-21(23)25-18)19(31)26-22-30-28-17(34-22)8-5-12-3-4-12;1-2/h6-7,9-10,12,17,28H,3-4H2,1-2H3,(H,26,30,31);1-2H3. The van der Waals surface area contributed by atoms with Crippen LogP contribution in [0.15, 0.2) is 33.9 Å². The zero-order chi connectivity index (χ0) is 25.7. The molecule has 3 aromatic rings. The van der Waals surface area contributed by atoms with Crippen molar-refractivity contribution < 1.29 is 13.9 Å². The summed E-state index contributed by atoms with van der Waals surface area (Å²) >= 11 is 7.41. The van der Waals surface area contributed by atoms with E-state index in [4.69, 9.17) is 20.8 Å². The smallest absolute Gasteiger partial charge is 0.257 e. The number of carbonyl (C=O) groups excluding carboxylic acids is 1. The third-order valence-corrected chi connectivity index (χ3v) is 6.02. The zero-order valence-corrected chi connectivity index (χ0v) is 21.7. The van der Waals surface area contributed by atoms with Gasteiger partial charge in [-0.15, -0.1) is 10.2 Å². The molecule has 1 atom stereocenters. The molecule has 10 nitrogen and oxygen atoms in total. The van der Waals surface area contributed by atoms with Crippen LogP contribution in [-0.2, 0) is 0 Å². The van der Waals surface area contributed by atoms with E-state index in [9.17, 15) is 4.79 Å². The average molecular weight is 526 g/mol. The lowest BCUT2D eigenvalue weighted by Crippen LogP contribution is -2.28. The van der Waals surface area contributed by atoms with Crippen LogP contribution in [0.1, 0.15) is 42.9 Å². The van der Waals surface area contributed by atoms with Crippen molar-refractivity contribution in [2.45, 2.75) is 39.0 Å². The van der Waals surface area contributed by atoms with Gasteiger partial charge in [0.1, 0.15) is 5.69 Å². The van der Waals surface area contributed by atoms with Gasteiger partial charge >= 0.3 is 0 Å². The molecule has 186 valence electrons. The number of amides is 1. The van der Waals surface area contributed by atoms with Crippen molar-refractivity contribution in [3.05, 3.63) is 41.1 Å². The highest BCUT2D eigenvalue weighted by Crippen LogP contribution is 2.34. The van der Waals surface area contributed by atoms with Crippen molar-refractivity contribution in [3.8, 4) is 40.3 Å². The Morgan fingerprint density at radius 3 is 2.78 bits per heavy atom. The van der Waals surface area contributed by atoms with Crippen LogP contribution in [0.3, 0.4) is 0 Å². The number of benzene rings is 1. The second kappa shape index (κ2) is 11.4. The van der Waals surface area contributed by atoms with Crippen molar-refractivity contribution in [2.24, 2.45) is 11.0 Å². The molecule has 3 heterocycles. The summed E-state index contributed by atoms with van der Waals surface area (Å²) in [6.45, 7) is 5.70. The predicted molar refractivity (Wildman–Crippen MR) is 138 cm³/mol. The van der Waals surface area contributed by atoms with Gasteiger partial charge in [0.2, 0.25) is 17.1 Å². The number of hydrogen-bond acceptors (Lipinski definition) is 10. The second-order valence-corrected chi connectivity index (χ2v) is 8.94. The van der Waals surface area contributed by atoms with Crippen LogP contribution in [0.4, 0.5) is 0 Å². The van der Waals surface area contributed by atoms with Crippen LogP contribution in [0.5, 0.6) is 5.75 Å². The van der Waals surface area contributed by atoms with E-state index >= 15 is 0 Å². The molecule has 2 aromatic heterocycles. The van der Waals surface area contributed by atoms with E-state index in [0.717, 1.165) is 12.8 Å². The summed E-state index contributed by atoms with van der Waals surface area (Å²) < 4.78 is 11.0. The van der Waals surface area contributed by atoms with Crippen molar-refractivity contribution in [1.82, 2.24) is 30.9 Å². The Labute approximate surface area is 217 Å². The first-order valence-electron chi connectivity index (χ1n) is 11.3. The Morgan fingerprint density at radius 1 is 1.28 bits per heavy atom. The number of hydrogen-bond donors (Lipinski definition) is 2. The maximum Gasteiger partial charge on any atom is 0.257 e. The van der Waals surface area contributed by atoms with Gasteiger partial charge in [-0.2, -0.15) is 5.10 Å². The first-order valence-corrected chi connectivity index (χ1v) is 12.6. The van der Waals surface area contributed by atoms with Crippen LogP contribution < -0.4 is 15.5 Å². The van der Waals surface area contributed by atoms with E-state index in [1.165, 1.54) is 25.1 Å². The molecule has 0 radical (unpaired) electrons. The molecule has 1 amide bonds. The third kappa shape index (κ3) is 5.95. The molecule has 5 rings (SSSR count). The monoisotopic (exact) mass is 525 g/mol. The summed E-state index contributed by atoms with van der Waals surface area (Å²) in [5.41, 5.74) is 4.65. The van der Waals surface area contributed by atoms with E-state index in [0.29, 0.717) is 51.0 Å². The summed E-state index contributed by atoms with van der Waals surface area (Å²) in [4.78, 5) is 21.5. The molecule has 1 aliphatic carbocycles. The molecule has 0 spiro atoms.